The monoisotopic (exact) mass is 502 g/mol. The van der Waals surface area contributed by atoms with Crippen LogP contribution in [0, 0.1) is 5.92 Å². The summed E-state index contributed by atoms with van der Waals surface area (Å²) in [7, 11) is 1.75. The first-order valence-corrected chi connectivity index (χ1v) is 9.81. The van der Waals surface area contributed by atoms with E-state index in [0.717, 1.165) is 36.1 Å². The van der Waals surface area contributed by atoms with Crippen LogP contribution in [0.1, 0.15) is 51.7 Å². The first-order chi connectivity index (χ1) is 12.8. The maximum absolute atomic E-state index is 12.1. The molecule has 7 heteroatoms. The Balaban J connectivity index is 0.00000392. The van der Waals surface area contributed by atoms with E-state index in [4.69, 9.17) is 4.74 Å². The number of aliphatic imine (C=N–C) groups is 1. The second-order valence-electron chi connectivity index (χ2n) is 8.17. The van der Waals surface area contributed by atoms with E-state index < -0.39 is 5.60 Å². The average Bonchev–Trinajstić information content (AvgIpc) is 3.41. The van der Waals surface area contributed by atoms with E-state index in [1.54, 1.807) is 11.9 Å². The predicted octanol–water partition coefficient (Wildman–Crippen LogP) is 4.14. The molecule has 1 amide bonds. The number of hydrogen-bond donors (Lipinski definition) is 2. The van der Waals surface area contributed by atoms with Gasteiger partial charge in [0.1, 0.15) is 5.60 Å². The number of hydrogen-bond acceptors (Lipinski definition) is 3. The summed E-state index contributed by atoms with van der Waals surface area (Å²) >= 11 is 0. The molecular formula is C21H35IN4O2. The Hall–Kier alpha value is -1.51. The molecule has 1 saturated carbocycles. The molecule has 1 aliphatic carbocycles. The van der Waals surface area contributed by atoms with Gasteiger partial charge in [-0.25, -0.2) is 9.79 Å². The van der Waals surface area contributed by atoms with Gasteiger partial charge in [0, 0.05) is 26.7 Å². The standard InChI is InChI=1S/C21H34N4O2.HI/c1-6-22-19(23-13-16-7-8-16)24-14-17-9-11-18(12-10-17)15-25(5)20(26)27-21(2,3)4;/h9-12,16H,6-8,13-15H2,1-5H3,(H2,22,23,24);1H. The number of benzene rings is 1. The molecule has 0 bridgehead atoms. The number of nitrogens with zero attached hydrogens (tertiary/aromatic N) is 2. The van der Waals surface area contributed by atoms with Crippen molar-refractivity contribution in [3.05, 3.63) is 35.4 Å². The summed E-state index contributed by atoms with van der Waals surface area (Å²) in [6.07, 6.45) is 2.34. The molecule has 0 aliphatic heterocycles. The minimum atomic E-state index is -0.481. The highest BCUT2D eigenvalue weighted by Gasteiger charge is 2.21. The summed E-state index contributed by atoms with van der Waals surface area (Å²) in [6.45, 7) is 10.7. The van der Waals surface area contributed by atoms with Crippen LogP contribution in [0.4, 0.5) is 4.79 Å². The molecule has 0 radical (unpaired) electrons. The molecule has 1 aromatic rings. The van der Waals surface area contributed by atoms with Crippen molar-refractivity contribution in [2.45, 2.75) is 59.2 Å². The fraction of sp³-hybridized carbons (Fsp3) is 0.619. The highest BCUT2D eigenvalue weighted by Crippen LogP contribution is 2.27. The van der Waals surface area contributed by atoms with Crippen molar-refractivity contribution in [1.82, 2.24) is 15.5 Å². The molecule has 0 aromatic heterocycles. The van der Waals surface area contributed by atoms with Gasteiger partial charge in [-0.2, -0.15) is 0 Å². The van der Waals surface area contributed by atoms with E-state index in [2.05, 4.69) is 34.7 Å². The number of ether oxygens (including phenoxy) is 1. The largest absolute Gasteiger partial charge is 0.444 e. The van der Waals surface area contributed by atoms with Gasteiger partial charge in [0.25, 0.3) is 0 Å². The summed E-state index contributed by atoms with van der Waals surface area (Å²) in [5.74, 6) is 1.69. The Morgan fingerprint density at radius 1 is 1.18 bits per heavy atom. The lowest BCUT2D eigenvalue weighted by molar-refractivity contribution is 0.0285. The van der Waals surface area contributed by atoms with E-state index in [1.165, 1.54) is 12.8 Å². The number of nitrogens with one attached hydrogen (secondary N) is 2. The predicted molar refractivity (Wildman–Crippen MR) is 125 cm³/mol. The third-order valence-corrected chi connectivity index (χ3v) is 4.17. The van der Waals surface area contributed by atoms with Crippen LogP contribution in [-0.2, 0) is 17.8 Å². The fourth-order valence-corrected chi connectivity index (χ4v) is 2.50. The molecule has 158 valence electrons. The third kappa shape index (κ3) is 9.61. The molecule has 6 nitrogen and oxygen atoms in total. The number of carbonyl (C=O) groups is 1. The third-order valence-electron chi connectivity index (χ3n) is 4.17. The van der Waals surface area contributed by atoms with Crippen LogP contribution in [0.3, 0.4) is 0 Å². The van der Waals surface area contributed by atoms with Crippen molar-refractivity contribution in [3.8, 4) is 0 Å². The van der Waals surface area contributed by atoms with Crippen LogP contribution in [0.15, 0.2) is 29.3 Å². The average molecular weight is 502 g/mol. The van der Waals surface area contributed by atoms with E-state index in [9.17, 15) is 4.79 Å². The van der Waals surface area contributed by atoms with Crippen LogP contribution in [0.2, 0.25) is 0 Å². The van der Waals surface area contributed by atoms with Crippen molar-refractivity contribution >= 4 is 36.0 Å². The van der Waals surface area contributed by atoms with E-state index in [-0.39, 0.29) is 30.1 Å². The molecular weight excluding hydrogens is 467 g/mol. The zero-order valence-corrected chi connectivity index (χ0v) is 20.1. The zero-order valence-electron chi connectivity index (χ0n) is 17.7. The number of guanidine groups is 1. The Morgan fingerprint density at radius 2 is 1.79 bits per heavy atom. The van der Waals surface area contributed by atoms with Gasteiger partial charge in [0.15, 0.2) is 5.96 Å². The van der Waals surface area contributed by atoms with Crippen molar-refractivity contribution in [2.24, 2.45) is 10.9 Å². The van der Waals surface area contributed by atoms with Crippen molar-refractivity contribution < 1.29 is 9.53 Å². The molecule has 28 heavy (non-hydrogen) atoms. The number of halogens is 1. The number of rotatable bonds is 7. The maximum Gasteiger partial charge on any atom is 0.410 e. The molecule has 0 saturated heterocycles. The first-order valence-electron chi connectivity index (χ1n) is 9.81. The van der Waals surface area contributed by atoms with Crippen LogP contribution in [0.25, 0.3) is 0 Å². The lowest BCUT2D eigenvalue weighted by atomic mass is 10.1. The molecule has 0 heterocycles. The SMILES string of the molecule is CCNC(=NCc1ccc(CN(C)C(=O)OC(C)(C)C)cc1)NCC1CC1.I. The van der Waals surface area contributed by atoms with E-state index in [1.807, 2.05) is 32.9 Å². The lowest BCUT2D eigenvalue weighted by Gasteiger charge is -2.24. The quantitative estimate of drug-likeness (QED) is 0.334. The Bertz CT molecular complexity index is 637. The van der Waals surface area contributed by atoms with Gasteiger partial charge in [-0.15, -0.1) is 24.0 Å². The second-order valence-corrected chi connectivity index (χ2v) is 8.17. The molecule has 2 rings (SSSR count). The summed E-state index contributed by atoms with van der Waals surface area (Å²) in [5.41, 5.74) is 1.72. The van der Waals surface area contributed by atoms with Gasteiger partial charge in [-0.05, 0) is 57.6 Å². The van der Waals surface area contributed by atoms with Crippen LogP contribution < -0.4 is 10.6 Å². The molecule has 0 spiro atoms. The van der Waals surface area contributed by atoms with Crippen LogP contribution in [-0.4, -0.2) is 42.7 Å². The summed E-state index contributed by atoms with van der Waals surface area (Å²) in [5, 5.41) is 6.69. The van der Waals surface area contributed by atoms with Gasteiger partial charge in [0.2, 0.25) is 0 Å². The second kappa shape index (κ2) is 11.5. The molecule has 2 N–H and O–H groups in total. The molecule has 0 atom stereocenters. The van der Waals surface area contributed by atoms with Crippen molar-refractivity contribution in [1.29, 1.82) is 0 Å². The highest BCUT2D eigenvalue weighted by atomic mass is 127. The van der Waals surface area contributed by atoms with Crippen LogP contribution >= 0.6 is 24.0 Å². The topological polar surface area (TPSA) is 66.0 Å². The normalized spacial score (nSPS) is 14.1. The van der Waals surface area contributed by atoms with Crippen molar-refractivity contribution in [2.75, 3.05) is 20.1 Å². The molecule has 0 unspecified atom stereocenters. The van der Waals surface area contributed by atoms with Crippen molar-refractivity contribution in [3.63, 3.8) is 0 Å². The number of carbonyl (C=O) groups excluding carboxylic acids is 1. The Kier molecular flexibility index (Phi) is 10.1. The summed E-state index contributed by atoms with van der Waals surface area (Å²) in [6, 6.07) is 8.20. The fourth-order valence-electron chi connectivity index (χ4n) is 2.50. The van der Waals surface area contributed by atoms with Gasteiger partial charge >= 0.3 is 6.09 Å². The van der Waals surface area contributed by atoms with Gasteiger partial charge in [-0.1, -0.05) is 24.3 Å². The maximum atomic E-state index is 12.1. The van der Waals surface area contributed by atoms with E-state index in [0.29, 0.717) is 13.1 Å². The van der Waals surface area contributed by atoms with Crippen LogP contribution in [0.5, 0.6) is 0 Å². The zero-order chi connectivity index (χ0) is 19.9. The minimum Gasteiger partial charge on any atom is -0.444 e. The molecule has 1 aliphatic rings. The molecule has 1 aromatic carbocycles. The highest BCUT2D eigenvalue weighted by molar-refractivity contribution is 14.0. The Morgan fingerprint density at radius 3 is 2.32 bits per heavy atom. The smallest absolute Gasteiger partial charge is 0.410 e. The lowest BCUT2D eigenvalue weighted by Crippen LogP contribution is -2.38. The Labute approximate surface area is 186 Å². The summed E-state index contributed by atoms with van der Waals surface area (Å²) in [4.78, 5) is 18.3. The minimum absolute atomic E-state index is 0. The van der Waals surface area contributed by atoms with Gasteiger partial charge in [0.05, 0.1) is 6.54 Å². The van der Waals surface area contributed by atoms with E-state index >= 15 is 0 Å². The van der Waals surface area contributed by atoms with Gasteiger partial charge < -0.3 is 20.3 Å². The molecule has 1 fully saturated rings. The first kappa shape index (κ1) is 24.5. The summed E-state index contributed by atoms with van der Waals surface area (Å²) < 4.78 is 5.38. The van der Waals surface area contributed by atoms with Gasteiger partial charge in [-0.3, -0.25) is 0 Å². The number of amides is 1.